The van der Waals surface area contributed by atoms with Crippen molar-refractivity contribution >= 4 is 5.78 Å². The lowest BCUT2D eigenvalue weighted by atomic mass is 10.0. The summed E-state index contributed by atoms with van der Waals surface area (Å²) in [6.45, 7) is 4.46. The molecule has 0 heterocycles. The van der Waals surface area contributed by atoms with Crippen molar-refractivity contribution in [3.63, 3.8) is 0 Å². The minimum Gasteiger partial charge on any atom is -0.496 e. The third-order valence-electron chi connectivity index (χ3n) is 2.59. The lowest BCUT2D eigenvalue weighted by Gasteiger charge is -2.10. The van der Waals surface area contributed by atoms with Gasteiger partial charge in [0.2, 0.25) is 0 Å². The first-order chi connectivity index (χ1) is 7.60. The van der Waals surface area contributed by atoms with Gasteiger partial charge in [-0.15, -0.1) is 0 Å². The van der Waals surface area contributed by atoms with Crippen LogP contribution in [-0.2, 0) is 0 Å². The molecule has 0 atom stereocenters. The van der Waals surface area contributed by atoms with E-state index in [0.717, 1.165) is 28.9 Å². The largest absolute Gasteiger partial charge is 0.496 e. The fraction of sp³-hybridized carbons (Fsp3) is 0.462. The molecule has 0 amide bonds. The first-order valence-electron chi connectivity index (χ1n) is 5.48. The van der Waals surface area contributed by atoms with Crippen LogP contribution < -0.4 is 10.5 Å². The second-order valence-corrected chi connectivity index (χ2v) is 3.96. The minimum atomic E-state index is 0.152. The number of benzene rings is 1. The number of hydrogen-bond acceptors (Lipinski definition) is 3. The van der Waals surface area contributed by atoms with Crippen molar-refractivity contribution in [3.05, 3.63) is 28.8 Å². The Balaban J connectivity index is 2.95. The zero-order valence-corrected chi connectivity index (χ0v) is 10.2. The van der Waals surface area contributed by atoms with Gasteiger partial charge in [0, 0.05) is 12.0 Å². The lowest BCUT2D eigenvalue weighted by molar-refractivity contribution is 0.0980. The summed E-state index contributed by atoms with van der Waals surface area (Å²) in [7, 11) is 1.64. The third-order valence-corrected chi connectivity index (χ3v) is 2.59. The third kappa shape index (κ3) is 2.83. The Labute approximate surface area is 96.6 Å². The smallest absolute Gasteiger partial charge is 0.162 e. The summed E-state index contributed by atoms with van der Waals surface area (Å²) in [5, 5.41) is 0. The number of ketones is 1. The van der Waals surface area contributed by atoms with Gasteiger partial charge >= 0.3 is 0 Å². The van der Waals surface area contributed by atoms with E-state index in [2.05, 4.69) is 0 Å². The zero-order valence-electron chi connectivity index (χ0n) is 10.2. The second kappa shape index (κ2) is 5.66. The number of hydrogen-bond donors (Lipinski definition) is 1. The number of aryl methyl sites for hydroxylation is 2. The molecule has 3 nitrogen and oxygen atoms in total. The van der Waals surface area contributed by atoms with Gasteiger partial charge in [-0.3, -0.25) is 4.79 Å². The molecule has 0 aliphatic heterocycles. The van der Waals surface area contributed by atoms with Crippen LogP contribution >= 0.6 is 0 Å². The van der Waals surface area contributed by atoms with Gasteiger partial charge in [0.05, 0.1) is 7.11 Å². The second-order valence-electron chi connectivity index (χ2n) is 3.96. The first-order valence-corrected chi connectivity index (χ1v) is 5.48. The summed E-state index contributed by atoms with van der Waals surface area (Å²) >= 11 is 0. The summed E-state index contributed by atoms with van der Waals surface area (Å²) in [4.78, 5) is 11.8. The summed E-state index contributed by atoms with van der Waals surface area (Å²) in [5.41, 5.74) is 8.14. The van der Waals surface area contributed by atoms with E-state index in [0.29, 0.717) is 13.0 Å². The lowest BCUT2D eigenvalue weighted by Crippen LogP contribution is -2.06. The van der Waals surface area contributed by atoms with Crippen molar-refractivity contribution in [3.8, 4) is 5.75 Å². The van der Waals surface area contributed by atoms with Gasteiger partial charge in [-0.25, -0.2) is 0 Å². The van der Waals surface area contributed by atoms with Crippen LogP contribution in [-0.4, -0.2) is 19.4 Å². The van der Waals surface area contributed by atoms with Crippen LogP contribution in [0.4, 0.5) is 0 Å². The van der Waals surface area contributed by atoms with Crippen molar-refractivity contribution in [2.24, 2.45) is 5.73 Å². The molecular formula is C13H19NO2. The molecule has 0 radical (unpaired) electrons. The molecule has 1 aromatic carbocycles. The molecule has 16 heavy (non-hydrogen) atoms. The van der Waals surface area contributed by atoms with Gasteiger partial charge in [-0.2, -0.15) is 0 Å². The van der Waals surface area contributed by atoms with Crippen LogP contribution in [0.15, 0.2) is 12.1 Å². The predicted octanol–water partition coefficient (Wildman–Crippen LogP) is 2.23. The Bertz CT molecular complexity index is 363. The molecule has 1 rings (SSSR count). The average Bonchev–Trinajstić information content (AvgIpc) is 2.25. The summed E-state index contributed by atoms with van der Waals surface area (Å²) in [6, 6.07) is 3.76. The number of nitrogens with two attached hydrogens (primary N) is 1. The molecular weight excluding hydrogens is 202 g/mol. The number of methoxy groups -OCH3 is 1. The van der Waals surface area contributed by atoms with E-state index in [1.165, 1.54) is 0 Å². The standard InChI is InChI=1S/C13H19NO2/c1-9-7-11(12(15)5-4-6-14)8-10(2)13(9)16-3/h7-8H,4-6,14H2,1-3H3. The van der Waals surface area contributed by atoms with E-state index in [-0.39, 0.29) is 5.78 Å². The van der Waals surface area contributed by atoms with Gasteiger partial charge < -0.3 is 10.5 Å². The molecule has 0 aromatic heterocycles. The van der Waals surface area contributed by atoms with Crippen molar-refractivity contribution in [2.75, 3.05) is 13.7 Å². The van der Waals surface area contributed by atoms with Gasteiger partial charge in [0.25, 0.3) is 0 Å². The monoisotopic (exact) mass is 221 g/mol. The normalized spacial score (nSPS) is 10.2. The Hall–Kier alpha value is -1.35. The van der Waals surface area contributed by atoms with Gasteiger partial charge in [-0.1, -0.05) is 0 Å². The van der Waals surface area contributed by atoms with Crippen molar-refractivity contribution in [2.45, 2.75) is 26.7 Å². The molecule has 0 aliphatic rings. The summed E-state index contributed by atoms with van der Waals surface area (Å²) in [5.74, 6) is 1.01. The number of carbonyl (C=O) groups excluding carboxylic acids is 1. The van der Waals surface area contributed by atoms with E-state index in [1.807, 2.05) is 26.0 Å². The number of ether oxygens (including phenoxy) is 1. The van der Waals surface area contributed by atoms with Gasteiger partial charge in [-0.05, 0) is 50.1 Å². The highest BCUT2D eigenvalue weighted by molar-refractivity contribution is 5.96. The molecule has 2 N–H and O–H groups in total. The fourth-order valence-corrected chi connectivity index (χ4v) is 1.84. The fourth-order valence-electron chi connectivity index (χ4n) is 1.84. The average molecular weight is 221 g/mol. The summed E-state index contributed by atoms with van der Waals surface area (Å²) in [6.07, 6.45) is 1.25. The summed E-state index contributed by atoms with van der Waals surface area (Å²) < 4.78 is 5.26. The van der Waals surface area contributed by atoms with Crippen LogP contribution in [0.3, 0.4) is 0 Å². The van der Waals surface area contributed by atoms with Crippen LogP contribution in [0.2, 0.25) is 0 Å². The van der Waals surface area contributed by atoms with E-state index in [9.17, 15) is 4.79 Å². The quantitative estimate of drug-likeness (QED) is 0.776. The molecule has 0 saturated heterocycles. The molecule has 0 bridgehead atoms. The molecule has 0 spiro atoms. The van der Waals surface area contributed by atoms with E-state index < -0.39 is 0 Å². The van der Waals surface area contributed by atoms with Gasteiger partial charge in [0.1, 0.15) is 5.75 Å². The highest BCUT2D eigenvalue weighted by Crippen LogP contribution is 2.24. The Morgan fingerprint density at radius 2 is 1.88 bits per heavy atom. The maximum atomic E-state index is 11.8. The molecule has 1 aromatic rings. The van der Waals surface area contributed by atoms with E-state index in [1.54, 1.807) is 7.11 Å². The molecule has 0 fully saturated rings. The minimum absolute atomic E-state index is 0.152. The maximum Gasteiger partial charge on any atom is 0.162 e. The SMILES string of the molecule is COc1c(C)cc(C(=O)CCCN)cc1C. The van der Waals surface area contributed by atoms with E-state index >= 15 is 0 Å². The topological polar surface area (TPSA) is 52.3 Å². The molecule has 88 valence electrons. The highest BCUT2D eigenvalue weighted by atomic mass is 16.5. The molecule has 0 saturated carbocycles. The van der Waals surface area contributed by atoms with Crippen molar-refractivity contribution < 1.29 is 9.53 Å². The number of carbonyl (C=O) groups is 1. The van der Waals surface area contributed by atoms with Crippen molar-refractivity contribution in [1.29, 1.82) is 0 Å². The van der Waals surface area contributed by atoms with Gasteiger partial charge in [0.15, 0.2) is 5.78 Å². The molecule has 0 aliphatic carbocycles. The first kappa shape index (κ1) is 12.7. The highest BCUT2D eigenvalue weighted by Gasteiger charge is 2.10. The Morgan fingerprint density at radius 3 is 2.31 bits per heavy atom. The van der Waals surface area contributed by atoms with Crippen molar-refractivity contribution in [1.82, 2.24) is 0 Å². The number of rotatable bonds is 5. The van der Waals surface area contributed by atoms with Crippen LogP contribution in [0.5, 0.6) is 5.75 Å². The maximum absolute atomic E-state index is 11.8. The van der Waals surface area contributed by atoms with Crippen LogP contribution in [0.1, 0.15) is 34.3 Å². The molecule has 3 heteroatoms. The van der Waals surface area contributed by atoms with Crippen LogP contribution in [0.25, 0.3) is 0 Å². The zero-order chi connectivity index (χ0) is 12.1. The van der Waals surface area contributed by atoms with E-state index in [4.69, 9.17) is 10.5 Å². The van der Waals surface area contributed by atoms with Crippen LogP contribution in [0, 0.1) is 13.8 Å². The molecule has 0 unspecified atom stereocenters. The Kier molecular flexibility index (Phi) is 4.50. The Morgan fingerprint density at radius 1 is 1.31 bits per heavy atom. The number of Topliss-reactive ketones (excluding diaryl/α,β-unsaturated/α-hetero) is 1. The predicted molar refractivity (Wildman–Crippen MR) is 65.1 cm³/mol.